The Kier molecular flexibility index (Phi) is 6.68. The molecular weight excluding hydrogens is 344 g/mol. The van der Waals surface area contributed by atoms with E-state index in [0.29, 0.717) is 13.2 Å². The molecule has 1 aromatic carbocycles. The molecule has 1 atom stereocenters. The van der Waals surface area contributed by atoms with Crippen LogP contribution in [0.5, 0.6) is 0 Å². The summed E-state index contributed by atoms with van der Waals surface area (Å²) in [7, 11) is -2.15. The Balaban J connectivity index is 2.01. The Morgan fingerprint density at radius 3 is 2.88 bits per heavy atom. The molecule has 0 radical (unpaired) electrons. The van der Waals surface area contributed by atoms with Gasteiger partial charge in [0.2, 0.25) is 10.0 Å². The number of ether oxygens (including phenoxy) is 1. The summed E-state index contributed by atoms with van der Waals surface area (Å²) in [6.45, 7) is 2.87. The Morgan fingerprint density at radius 2 is 2.20 bits per heavy atom. The SMILES string of the molecule is COC[C@H](C)NC(=O)c1cccc(S(=O)(=O)NCCn2ccnc2)c1. The van der Waals surface area contributed by atoms with E-state index < -0.39 is 10.0 Å². The third kappa shape index (κ3) is 5.66. The van der Waals surface area contributed by atoms with Crippen LogP contribution in [0.15, 0.2) is 47.9 Å². The van der Waals surface area contributed by atoms with Gasteiger partial charge in [-0.1, -0.05) is 6.07 Å². The lowest BCUT2D eigenvalue weighted by Gasteiger charge is -2.13. The molecule has 9 heteroatoms. The minimum absolute atomic E-state index is 0.0465. The summed E-state index contributed by atoms with van der Waals surface area (Å²) in [5, 5.41) is 2.75. The Bertz CT molecular complexity index is 790. The second kappa shape index (κ2) is 8.75. The van der Waals surface area contributed by atoms with Gasteiger partial charge in [-0.3, -0.25) is 4.79 Å². The van der Waals surface area contributed by atoms with Crippen molar-refractivity contribution in [1.82, 2.24) is 19.6 Å². The van der Waals surface area contributed by atoms with Crippen LogP contribution in [-0.2, 0) is 21.3 Å². The highest BCUT2D eigenvalue weighted by Gasteiger charge is 2.16. The summed E-state index contributed by atoms with van der Waals surface area (Å²) in [4.78, 5) is 16.1. The number of sulfonamides is 1. The van der Waals surface area contributed by atoms with Crippen molar-refractivity contribution in [3.8, 4) is 0 Å². The fourth-order valence-electron chi connectivity index (χ4n) is 2.21. The number of hydrogen-bond acceptors (Lipinski definition) is 5. The van der Waals surface area contributed by atoms with E-state index in [1.165, 1.54) is 12.1 Å². The monoisotopic (exact) mass is 366 g/mol. The van der Waals surface area contributed by atoms with Gasteiger partial charge in [0.05, 0.1) is 17.8 Å². The second-order valence-electron chi connectivity index (χ2n) is 5.56. The first-order valence-corrected chi connectivity index (χ1v) is 9.26. The molecule has 0 aliphatic rings. The number of methoxy groups -OCH3 is 1. The standard InChI is InChI=1S/C16H22N4O4S/c1-13(11-24-2)19-16(21)14-4-3-5-15(10-14)25(22,23)18-7-9-20-8-6-17-12-20/h3-6,8,10,12-13,18H,7,9,11H2,1-2H3,(H,19,21)/t13-/m0/s1. The fourth-order valence-corrected chi connectivity index (χ4v) is 3.28. The molecule has 0 fully saturated rings. The predicted octanol–water partition coefficient (Wildman–Crippen LogP) is 0.626. The van der Waals surface area contributed by atoms with Gasteiger partial charge in [-0.05, 0) is 25.1 Å². The average molecular weight is 366 g/mol. The number of nitrogens with zero attached hydrogens (tertiary/aromatic N) is 2. The van der Waals surface area contributed by atoms with Gasteiger partial charge in [-0.2, -0.15) is 0 Å². The molecule has 0 spiro atoms. The zero-order chi connectivity index (χ0) is 18.3. The number of hydrogen-bond donors (Lipinski definition) is 2. The highest BCUT2D eigenvalue weighted by Crippen LogP contribution is 2.11. The van der Waals surface area contributed by atoms with E-state index in [0.717, 1.165) is 0 Å². The van der Waals surface area contributed by atoms with E-state index in [1.54, 1.807) is 49.5 Å². The molecule has 2 N–H and O–H groups in total. The van der Waals surface area contributed by atoms with Gasteiger partial charge in [0.15, 0.2) is 0 Å². The zero-order valence-electron chi connectivity index (χ0n) is 14.2. The van der Waals surface area contributed by atoms with Crippen LogP contribution in [0.3, 0.4) is 0 Å². The van der Waals surface area contributed by atoms with Crippen molar-refractivity contribution in [3.05, 3.63) is 48.5 Å². The third-order valence-electron chi connectivity index (χ3n) is 3.42. The molecule has 2 aromatic rings. The van der Waals surface area contributed by atoms with Gasteiger partial charge in [0.25, 0.3) is 5.91 Å². The minimum Gasteiger partial charge on any atom is -0.383 e. The quantitative estimate of drug-likeness (QED) is 0.678. The number of nitrogens with one attached hydrogen (secondary N) is 2. The maximum Gasteiger partial charge on any atom is 0.251 e. The topological polar surface area (TPSA) is 102 Å². The minimum atomic E-state index is -3.70. The van der Waals surface area contributed by atoms with Crippen molar-refractivity contribution in [2.75, 3.05) is 20.3 Å². The van der Waals surface area contributed by atoms with Crippen LogP contribution in [0.2, 0.25) is 0 Å². The molecule has 0 aliphatic carbocycles. The van der Waals surface area contributed by atoms with Crippen molar-refractivity contribution in [2.45, 2.75) is 24.4 Å². The smallest absolute Gasteiger partial charge is 0.251 e. The van der Waals surface area contributed by atoms with Crippen LogP contribution in [0, 0.1) is 0 Å². The third-order valence-corrected chi connectivity index (χ3v) is 4.88. The maximum atomic E-state index is 12.4. The van der Waals surface area contributed by atoms with Crippen molar-refractivity contribution in [1.29, 1.82) is 0 Å². The highest BCUT2D eigenvalue weighted by atomic mass is 32.2. The predicted molar refractivity (Wildman–Crippen MR) is 92.7 cm³/mol. The van der Waals surface area contributed by atoms with E-state index in [9.17, 15) is 13.2 Å². The van der Waals surface area contributed by atoms with E-state index in [4.69, 9.17) is 4.74 Å². The maximum absolute atomic E-state index is 12.4. The van der Waals surface area contributed by atoms with E-state index in [-0.39, 0.29) is 29.0 Å². The fraction of sp³-hybridized carbons (Fsp3) is 0.375. The van der Waals surface area contributed by atoms with Gasteiger partial charge in [-0.25, -0.2) is 18.1 Å². The van der Waals surface area contributed by atoms with Gasteiger partial charge >= 0.3 is 0 Å². The van der Waals surface area contributed by atoms with Crippen LogP contribution in [0.25, 0.3) is 0 Å². The summed E-state index contributed by atoms with van der Waals surface area (Å²) >= 11 is 0. The zero-order valence-corrected chi connectivity index (χ0v) is 15.0. The number of aromatic nitrogens is 2. The van der Waals surface area contributed by atoms with Crippen molar-refractivity contribution in [3.63, 3.8) is 0 Å². The number of carbonyl (C=O) groups excluding carboxylic acids is 1. The number of benzene rings is 1. The molecule has 1 heterocycles. The summed E-state index contributed by atoms with van der Waals surface area (Å²) < 4.78 is 34.0. The molecule has 0 saturated heterocycles. The van der Waals surface area contributed by atoms with Crippen LogP contribution in [0.1, 0.15) is 17.3 Å². The highest BCUT2D eigenvalue weighted by molar-refractivity contribution is 7.89. The Morgan fingerprint density at radius 1 is 1.40 bits per heavy atom. The summed E-state index contributed by atoms with van der Waals surface area (Å²) in [5.41, 5.74) is 0.278. The molecule has 1 aromatic heterocycles. The molecular formula is C16H22N4O4S. The molecule has 2 rings (SSSR count). The van der Waals surface area contributed by atoms with Crippen LogP contribution in [0.4, 0.5) is 0 Å². The Labute approximate surface area is 147 Å². The second-order valence-corrected chi connectivity index (χ2v) is 7.32. The number of imidazole rings is 1. The van der Waals surface area contributed by atoms with Gasteiger partial charge in [-0.15, -0.1) is 0 Å². The molecule has 8 nitrogen and oxygen atoms in total. The van der Waals surface area contributed by atoms with E-state index in [2.05, 4.69) is 15.0 Å². The lowest BCUT2D eigenvalue weighted by atomic mass is 10.2. The van der Waals surface area contributed by atoms with Gasteiger partial charge in [0.1, 0.15) is 0 Å². The summed E-state index contributed by atoms with van der Waals surface area (Å²) in [5.74, 6) is -0.347. The van der Waals surface area contributed by atoms with Crippen LogP contribution < -0.4 is 10.0 Å². The number of amides is 1. The molecule has 0 aliphatic heterocycles. The molecule has 0 unspecified atom stereocenters. The average Bonchev–Trinajstić information content (AvgIpc) is 3.08. The molecule has 25 heavy (non-hydrogen) atoms. The molecule has 1 amide bonds. The van der Waals surface area contributed by atoms with Crippen molar-refractivity contribution < 1.29 is 17.9 Å². The van der Waals surface area contributed by atoms with Gasteiger partial charge in [0, 0.05) is 44.2 Å². The number of rotatable bonds is 9. The van der Waals surface area contributed by atoms with Crippen molar-refractivity contribution in [2.24, 2.45) is 0 Å². The first kappa shape index (κ1) is 19.1. The molecule has 136 valence electrons. The summed E-state index contributed by atoms with van der Waals surface area (Å²) in [6.07, 6.45) is 4.99. The van der Waals surface area contributed by atoms with Crippen molar-refractivity contribution >= 4 is 15.9 Å². The van der Waals surface area contributed by atoms with Gasteiger partial charge < -0.3 is 14.6 Å². The number of carbonyl (C=O) groups is 1. The first-order chi connectivity index (χ1) is 11.9. The molecule has 0 bridgehead atoms. The lowest BCUT2D eigenvalue weighted by molar-refractivity contribution is 0.0905. The van der Waals surface area contributed by atoms with E-state index in [1.807, 2.05) is 0 Å². The molecule has 0 saturated carbocycles. The van der Waals surface area contributed by atoms with Crippen LogP contribution >= 0.6 is 0 Å². The normalized spacial score (nSPS) is 12.7. The first-order valence-electron chi connectivity index (χ1n) is 7.77. The Hall–Kier alpha value is -2.23. The largest absolute Gasteiger partial charge is 0.383 e. The van der Waals surface area contributed by atoms with E-state index >= 15 is 0 Å². The lowest BCUT2D eigenvalue weighted by Crippen LogP contribution is -2.35. The van der Waals surface area contributed by atoms with Crippen LogP contribution in [-0.4, -0.2) is 50.2 Å². The summed E-state index contributed by atoms with van der Waals surface area (Å²) in [6, 6.07) is 5.74.